The number of rotatable bonds is 17. The molecule has 3 unspecified atom stereocenters. The summed E-state index contributed by atoms with van der Waals surface area (Å²) in [7, 11) is 2.99. The van der Waals surface area contributed by atoms with E-state index in [1.165, 1.54) is 14.2 Å². The van der Waals surface area contributed by atoms with Gasteiger partial charge in [-0.1, -0.05) is 56.2 Å². The number of para-hydroxylation sites is 2. The molecule has 4 atom stereocenters. The molecule has 5 aromatic rings. The van der Waals surface area contributed by atoms with Gasteiger partial charge in [0, 0.05) is 42.2 Å². The number of fused-ring (bicyclic) bond motifs is 8. The number of aliphatic hydroxyl groups excluding tert-OH is 1. The number of amides is 5. The molecule has 0 fully saturated rings. The van der Waals surface area contributed by atoms with Crippen molar-refractivity contribution in [3.8, 4) is 23.0 Å². The molecule has 4 heterocycles. The molecule has 0 aromatic heterocycles. The Bertz CT molecular complexity index is 2850. The quantitative estimate of drug-likeness (QED) is 0.0567. The van der Waals surface area contributed by atoms with Crippen LogP contribution in [0.15, 0.2) is 91.0 Å². The maximum atomic E-state index is 14.1. The Morgan fingerprint density at radius 2 is 1.34 bits per heavy atom. The maximum absolute atomic E-state index is 14.1. The molecule has 4 aliphatic heterocycles. The van der Waals surface area contributed by atoms with Crippen LogP contribution < -0.4 is 55.3 Å². The Balaban J connectivity index is 0.951. The minimum absolute atomic E-state index is 0.000938. The summed E-state index contributed by atoms with van der Waals surface area (Å²) >= 11 is 0. The molecular formula is C53H57N7O10. The van der Waals surface area contributed by atoms with Gasteiger partial charge < -0.3 is 60.4 Å². The first kappa shape index (κ1) is 47.3. The van der Waals surface area contributed by atoms with Crippen LogP contribution in [0.4, 0.5) is 28.4 Å². The molecule has 364 valence electrons. The van der Waals surface area contributed by atoms with E-state index < -0.39 is 30.1 Å². The summed E-state index contributed by atoms with van der Waals surface area (Å²) in [5.74, 6) is -0.364. The highest BCUT2D eigenvalue weighted by molar-refractivity contribution is 6.13. The number of hydrogen-bond donors (Lipinski definition) is 6. The zero-order chi connectivity index (χ0) is 49.1. The molecule has 0 aliphatic carbocycles. The molecule has 70 heavy (non-hydrogen) atoms. The van der Waals surface area contributed by atoms with E-state index in [9.17, 15) is 29.1 Å². The molecule has 0 saturated carbocycles. The highest BCUT2D eigenvalue weighted by Gasteiger charge is 2.42. The summed E-state index contributed by atoms with van der Waals surface area (Å²) in [6, 6.07) is 26.0. The van der Waals surface area contributed by atoms with E-state index in [1.807, 2.05) is 66.4 Å². The minimum Gasteiger partial charge on any atom is -0.493 e. The normalized spacial score (nSPS) is 17.6. The van der Waals surface area contributed by atoms with E-state index in [2.05, 4.69) is 26.6 Å². The number of methoxy groups -OCH3 is 2. The lowest BCUT2D eigenvalue weighted by Gasteiger charge is -2.26. The SMILES string of the molecule is CCCCCC(=O)NCC(=O)NC(C)C(=O)Nc1cc(COc2cc3c(cc2OC)C(=O)N2c4ccccc4CC2CN3)cc(COc2cc3c(cc2OC)C(=O)N2c4ccccc4CC2[C@@H](O)N3)c1. The van der Waals surface area contributed by atoms with Gasteiger partial charge in [0.1, 0.15) is 25.5 Å². The summed E-state index contributed by atoms with van der Waals surface area (Å²) < 4.78 is 24.3. The molecule has 0 saturated heterocycles. The molecule has 9 rings (SSSR count). The van der Waals surface area contributed by atoms with Crippen molar-refractivity contribution < 1.29 is 48.0 Å². The first-order chi connectivity index (χ1) is 33.9. The monoisotopic (exact) mass is 951 g/mol. The number of hydrogen-bond acceptors (Lipinski definition) is 12. The van der Waals surface area contributed by atoms with E-state index in [1.54, 1.807) is 48.2 Å². The van der Waals surface area contributed by atoms with E-state index in [4.69, 9.17) is 18.9 Å². The van der Waals surface area contributed by atoms with Crippen molar-refractivity contribution in [3.63, 3.8) is 0 Å². The fraction of sp³-hybridized carbons (Fsp3) is 0.340. The summed E-state index contributed by atoms with van der Waals surface area (Å²) in [5, 5.41) is 26.1. The maximum Gasteiger partial charge on any atom is 0.260 e. The predicted octanol–water partition coefficient (Wildman–Crippen LogP) is 6.31. The second-order valence-electron chi connectivity index (χ2n) is 17.9. The zero-order valence-corrected chi connectivity index (χ0v) is 39.6. The summed E-state index contributed by atoms with van der Waals surface area (Å²) in [4.78, 5) is 70.2. The third-order valence-electron chi connectivity index (χ3n) is 13.1. The number of anilines is 5. The Morgan fingerprint density at radius 1 is 0.743 bits per heavy atom. The van der Waals surface area contributed by atoms with Crippen molar-refractivity contribution in [2.45, 2.75) is 89.9 Å². The van der Waals surface area contributed by atoms with E-state index in [-0.39, 0.29) is 55.0 Å². The van der Waals surface area contributed by atoms with Crippen molar-refractivity contribution in [1.82, 2.24) is 10.6 Å². The van der Waals surface area contributed by atoms with Crippen LogP contribution in [-0.2, 0) is 40.4 Å². The molecule has 4 aliphatic rings. The largest absolute Gasteiger partial charge is 0.493 e. The fourth-order valence-electron chi connectivity index (χ4n) is 9.59. The van der Waals surface area contributed by atoms with E-state index >= 15 is 0 Å². The highest BCUT2D eigenvalue weighted by atomic mass is 16.5. The Labute approximate surface area is 405 Å². The van der Waals surface area contributed by atoms with Crippen LogP contribution in [0.1, 0.15) is 82.5 Å². The van der Waals surface area contributed by atoms with Crippen molar-refractivity contribution in [1.29, 1.82) is 0 Å². The van der Waals surface area contributed by atoms with Crippen LogP contribution in [0.5, 0.6) is 23.0 Å². The van der Waals surface area contributed by atoms with E-state index in [0.717, 1.165) is 48.2 Å². The number of aliphatic hydroxyl groups is 1. The van der Waals surface area contributed by atoms with Gasteiger partial charge in [-0.05, 0) is 90.9 Å². The first-order valence-electron chi connectivity index (χ1n) is 23.6. The van der Waals surface area contributed by atoms with Crippen molar-refractivity contribution in [2.75, 3.05) is 53.1 Å². The number of nitrogens with one attached hydrogen (secondary N) is 5. The van der Waals surface area contributed by atoms with Crippen LogP contribution >= 0.6 is 0 Å². The molecule has 0 bridgehead atoms. The van der Waals surface area contributed by atoms with Gasteiger partial charge >= 0.3 is 0 Å². The fourth-order valence-corrected chi connectivity index (χ4v) is 9.59. The van der Waals surface area contributed by atoms with Gasteiger partial charge in [-0.25, -0.2) is 0 Å². The second kappa shape index (κ2) is 20.4. The lowest BCUT2D eigenvalue weighted by molar-refractivity contribution is -0.128. The Hall–Kier alpha value is -7.79. The number of benzene rings is 5. The van der Waals surface area contributed by atoms with Crippen LogP contribution in [0.3, 0.4) is 0 Å². The zero-order valence-electron chi connectivity index (χ0n) is 39.6. The molecule has 5 aromatic carbocycles. The lowest BCUT2D eigenvalue weighted by atomic mass is 10.1. The lowest BCUT2D eigenvalue weighted by Crippen LogP contribution is -2.45. The smallest absolute Gasteiger partial charge is 0.260 e. The molecule has 17 nitrogen and oxygen atoms in total. The van der Waals surface area contributed by atoms with Gasteiger partial charge in [0.25, 0.3) is 11.8 Å². The molecule has 0 spiro atoms. The average Bonchev–Trinajstić information content (AvgIpc) is 3.88. The molecule has 6 N–H and O–H groups in total. The van der Waals surface area contributed by atoms with Gasteiger partial charge in [0.05, 0.1) is 55.3 Å². The Morgan fingerprint density at radius 3 is 2.00 bits per heavy atom. The highest BCUT2D eigenvalue weighted by Crippen LogP contribution is 2.43. The van der Waals surface area contributed by atoms with Crippen LogP contribution in [-0.4, -0.2) is 86.3 Å². The summed E-state index contributed by atoms with van der Waals surface area (Å²) in [5.41, 5.74) is 7.09. The number of nitrogens with zero attached hydrogens (tertiary/aromatic N) is 2. The van der Waals surface area contributed by atoms with Gasteiger partial charge in [0.2, 0.25) is 17.7 Å². The van der Waals surface area contributed by atoms with Crippen molar-refractivity contribution in [2.24, 2.45) is 0 Å². The number of carbonyl (C=O) groups is 5. The van der Waals surface area contributed by atoms with Gasteiger partial charge in [0.15, 0.2) is 23.0 Å². The van der Waals surface area contributed by atoms with E-state index in [0.29, 0.717) is 70.2 Å². The number of ether oxygens (including phenoxy) is 4. The molecule has 17 heteroatoms. The first-order valence-corrected chi connectivity index (χ1v) is 23.6. The van der Waals surface area contributed by atoms with Gasteiger partial charge in [-0.15, -0.1) is 0 Å². The number of unbranched alkanes of at least 4 members (excludes halogenated alkanes) is 2. The third kappa shape index (κ3) is 9.74. The average molecular weight is 952 g/mol. The third-order valence-corrected chi connectivity index (χ3v) is 13.1. The predicted molar refractivity (Wildman–Crippen MR) is 264 cm³/mol. The summed E-state index contributed by atoms with van der Waals surface area (Å²) in [6.07, 6.45) is 3.07. The van der Waals surface area contributed by atoms with Crippen molar-refractivity contribution in [3.05, 3.63) is 124 Å². The topological polar surface area (TPSA) is 209 Å². The summed E-state index contributed by atoms with van der Waals surface area (Å²) in [6.45, 7) is 3.82. The second-order valence-corrected chi connectivity index (χ2v) is 17.9. The van der Waals surface area contributed by atoms with Gasteiger partial charge in [-0.3, -0.25) is 24.0 Å². The number of carbonyl (C=O) groups excluding carboxylic acids is 5. The van der Waals surface area contributed by atoms with Gasteiger partial charge in [-0.2, -0.15) is 0 Å². The standard InChI is InChI=1S/C53H57N7O10/c1-5-6-7-16-48(61)55-27-49(62)56-30(2)50(63)57-35-18-31(28-69-46-24-39-37(22-44(46)67-3)52(65)59-36(26-54-39)20-33-12-8-10-14-41(33)59)17-32(19-35)29-70-47-25-40-38(23-45(47)68-4)53(66)60-42-15-11-9-13-34(42)21-43(60)51(64)58-40/h8-15,17-19,22-25,30,36,43,51,54,58,64H,5-7,16,20-21,26-29H2,1-4H3,(H,55,61)(H,56,62)(H,57,63)/t30?,36?,43?,51-/m1/s1. The molecule has 5 amide bonds. The molecular weight excluding hydrogens is 895 g/mol. The van der Waals surface area contributed by atoms with Crippen LogP contribution in [0, 0.1) is 0 Å². The minimum atomic E-state index is -1.08. The Kier molecular flexibility index (Phi) is 13.8. The van der Waals surface area contributed by atoms with Crippen LogP contribution in [0.25, 0.3) is 0 Å². The van der Waals surface area contributed by atoms with Crippen LogP contribution in [0.2, 0.25) is 0 Å². The van der Waals surface area contributed by atoms with Crippen molar-refractivity contribution >= 4 is 58.0 Å². The molecule has 0 radical (unpaired) electrons.